The summed E-state index contributed by atoms with van der Waals surface area (Å²) in [5.41, 5.74) is 0.695. The van der Waals surface area contributed by atoms with E-state index in [-0.39, 0.29) is 11.3 Å². The summed E-state index contributed by atoms with van der Waals surface area (Å²) < 4.78 is 0. The van der Waals surface area contributed by atoms with Crippen LogP contribution in [0.15, 0.2) is 36.2 Å². The number of carbonyl (C=O) groups is 1. The molecule has 0 bridgehead atoms. The summed E-state index contributed by atoms with van der Waals surface area (Å²) in [4.78, 5) is 14.1. The first-order valence-electron chi connectivity index (χ1n) is 6.13. The lowest BCUT2D eigenvalue weighted by Crippen LogP contribution is -2.40. The normalized spacial score (nSPS) is 15.1. The molecular weight excluding hydrogens is 226 g/mol. The third-order valence-corrected chi connectivity index (χ3v) is 2.55. The molecule has 1 aliphatic heterocycles. The number of allylic oxidation sites excluding steroid dienone is 2. The van der Waals surface area contributed by atoms with Crippen molar-refractivity contribution in [3.05, 3.63) is 36.2 Å². The van der Waals surface area contributed by atoms with Gasteiger partial charge in [-0.05, 0) is 31.7 Å². The molecule has 1 heterocycles. The van der Waals surface area contributed by atoms with Crippen LogP contribution in [0.25, 0.3) is 0 Å². The molecule has 0 aromatic rings. The first-order valence-corrected chi connectivity index (χ1v) is 6.13. The highest BCUT2D eigenvalue weighted by Gasteiger charge is 2.20. The summed E-state index contributed by atoms with van der Waals surface area (Å²) in [6.45, 7) is 5.87. The topological polar surface area (TPSA) is 44.4 Å². The van der Waals surface area contributed by atoms with Crippen molar-refractivity contribution in [3.8, 4) is 0 Å². The van der Waals surface area contributed by atoms with E-state index in [1.165, 1.54) is 0 Å². The van der Waals surface area contributed by atoms with Gasteiger partial charge in [0.15, 0.2) is 0 Å². The van der Waals surface area contributed by atoms with Gasteiger partial charge in [-0.25, -0.2) is 0 Å². The average Bonchev–Trinajstić information content (AvgIpc) is 2.52. The maximum absolute atomic E-state index is 12.0. The molecule has 18 heavy (non-hydrogen) atoms. The van der Waals surface area contributed by atoms with Gasteiger partial charge >= 0.3 is 0 Å². The molecule has 1 aliphatic rings. The van der Waals surface area contributed by atoms with Crippen LogP contribution >= 0.6 is 0 Å². The quantitative estimate of drug-likeness (QED) is 0.770. The van der Waals surface area contributed by atoms with Crippen LogP contribution in [0.2, 0.25) is 0 Å². The number of amides is 1. The van der Waals surface area contributed by atoms with E-state index in [0.717, 1.165) is 6.54 Å². The molecule has 0 aromatic heterocycles. The number of nitrogens with zero attached hydrogens (tertiary/aromatic N) is 1. The minimum absolute atomic E-state index is 0.0470. The molecule has 0 atom stereocenters. The lowest BCUT2D eigenvalue weighted by Gasteiger charge is -2.28. The van der Waals surface area contributed by atoms with Crippen LogP contribution in [-0.4, -0.2) is 38.0 Å². The third-order valence-electron chi connectivity index (χ3n) is 2.55. The molecule has 1 rings (SSSR count). The van der Waals surface area contributed by atoms with Crippen LogP contribution in [0.3, 0.4) is 0 Å². The van der Waals surface area contributed by atoms with Gasteiger partial charge in [0.2, 0.25) is 0 Å². The van der Waals surface area contributed by atoms with E-state index in [0.29, 0.717) is 12.1 Å². The summed E-state index contributed by atoms with van der Waals surface area (Å²) >= 11 is 0. The Kier molecular flexibility index (Phi) is 5.16. The fourth-order valence-corrected chi connectivity index (χ4v) is 1.93. The van der Waals surface area contributed by atoms with Crippen molar-refractivity contribution in [2.75, 3.05) is 27.2 Å². The molecule has 0 radical (unpaired) electrons. The van der Waals surface area contributed by atoms with Gasteiger partial charge in [0.1, 0.15) is 0 Å². The van der Waals surface area contributed by atoms with Gasteiger partial charge in [-0.3, -0.25) is 4.79 Å². The Labute approximate surface area is 109 Å². The molecule has 0 fully saturated rings. The number of nitrogens with one attached hydrogen (secondary N) is 2. The summed E-state index contributed by atoms with van der Waals surface area (Å²) in [7, 11) is 4.07. The summed E-state index contributed by atoms with van der Waals surface area (Å²) in [5.74, 6) is -0.0470. The van der Waals surface area contributed by atoms with Crippen molar-refractivity contribution in [3.63, 3.8) is 0 Å². The molecule has 4 heteroatoms. The second-order valence-corrected chi connectivity index (χ2v) is 5.57. The first-order chi connectivity index (χ1) is 8.41. The number of hydrogen-bond donors (Lipinski definition) is 2. The molecule has 1 amide bonds. The first kappa shape index (κ1) is 14.5. The monoisotopic (exact) mass is 249 g/mol. The van der Waals surface area contributed by atoms with Crippen LogP contribution in [0.1, 0.15) is 13.8 Å². The molecule has 100 valence electrons. The van der Waals surface area contributed by atoms with Crippen molar-refractivity contribution >= 4 is 5.91 Å². The highest BCUT2D eigenvalue weighted by Crippen LogP contribution is 2.14. The van der Waals surface area contributed by atoms with Gasteiger partial charge in [0.05, 0.1) is 5.57 Å². The Morgan fingerprint density at radius 2 is 2.11 bits per heavy atom. The molecule has 0 aliphatic carbocycles. The minimum atomic E-state index is -0.0470. The van der Waals surface area contributed by atoms with E-state index in [1.54, 1.807) is 18.5 Å². The van der Waals surface area contributed by atoms with E-state index in [1.807, 2.05) is 26.2 Å². The van der Waals surface area contributed by atoms with Gasteiger partial charge in [0.25, 0.3) is 5.91 Å². The summed E-state index contributed by atoms with van der Waals surface area (Å²) in [5, 5.41) is 5.91. The Morgan fingerprint density at radius 1 is 1.39 bits per heavy atom. The predicted molar refractivity (Wildman–Crippen MR) is 74.8 cm³/mol. The molecule has 0 saturated heterocycles. The summed E-state index contributed by atoms with van der Waals surface area (Å²) in [6.07, 6.45) is 8.98. The fraction of sp³-hybridized carbons (Fsp3) is 0.500. The highest BCUT2D eigenvalue weighted by atomic mass is 16.1. The van der Waals surface area contributed by atoms with Gasteiger partial charge in [-0.1, -0.05) is 19.9 Å². The number of carbonyl (C=O) groups excluding carboxylic acids is 1. The lowest BCUT2D eigenvalue weighted by molar-refractivity contribution is -0.117. The average molecular weight is 249 g/mol. The van der Waals surface area contributed by atoms with E-state index < -0.39 is 0 Å². The van der Waals surface area contributed by atoms with E-state index in [2.05, 4.69) is 29.4 Å². The molecule has 0 unspecified atom stereocenters. The standard InChI is InChI=1S/C14H23N3O/c1-14(2,11-17(3)4)10-16-13(18)12-7-5-6-8-15-9-12/h5-9,15H,10-11H2,1-4H3,(H,16,18). The SMILES string of the molecule is CN(C)CC(C)(C)CNC(=O)C1=CNC=CC=C1. The second kappa shape index (κ2) is 6.40. The van der Waals surface area contributed by atoms with Gasteiger partial charge in [-0.15, -0.1) is 0 Å². The van der Waals surface area contributed by atoms with Crippen molar-refractivity contribution in [1.29, 1.82) is 0 Å². The zero-order chi connectivity index (χ0) is 13.6. The largest absolute Gasteiger partial charge is 0.367 e. The van der Waals surface area contributed by atoms with Gasteiger partial charge in [-0.2, -0.15) is 0 Å². The second-order valence-electron chi connectivity index (χ2n) is 5.57. The Bertz CT molecular complexity index is 379. The van der Waals surface area contributed by atoms with E-state index in [9.17, 15) is 4.79 Å². The van der Waals surface area contributed by atoms with E-state index >= 15 is 0 Å². The Morgan fingerprint density at radius 3 is 2.78 bits per heavy atom. The predicted octanol–water partition coefficient (Wildman–Crippen LogP) is 1.25. The van der Waals surface area contributed by atoms with Crippen molar-refractivity contribution in [2.45, 2.75) is 13.8 Å². The lowest BCUT2D eigenvalue weighted by atomic mass is 9.93. The van der Waals surface area contributed by atoms with Crippen molar-refractivity contribution in [1.82, 2.24) is 15.5 Å². The molecule has 0 saturated carbocycles. The van der Waals surface area contributed by atoms with Gasteiger partial charge < -0.3 is 15.5 Å². The number of rotatable bonds is 5. The fourth-order valence-electron chi connectivity index (χ4n) is 1.93. The Balaban J connectivity index is 2.48. The maximum Gasteiger partial charge on any atom is 0.252 e. The highest BCUT2D eigenvalue weighted by molar-refractivity contribution is 5.96. The molecule has 2 N–H and O–H groups in total. The van der Waals surface area contributed by atoms with Gasteiger partial charge in [0, 0.05) is 25.5 Å². The van der Waals surface area contributed by atoms with Crippen LogP contribution in [0, 0.1) is 5.41 Å². The zero-order valence-electron chi connectivity index (χ0n) is 11.7. The van der Waals surface area contributed by atoms with Crippen LogP contribution in [0.4, 0.5) is 0 Å². The number of hydrogen-bond acceptors (Lipinski definition) is 3. The van der Waals surface area contributed by atoms with Crippen molar-refractivity contribution in [2.24, 2.45) is 5.41 Å². The maximum atomic E-state index is 12.0. The van der Waals surface area contributed by atoms with E-state index in [4.69, 9.17) is 0 Å². The Hall–Kier alpha value is -1.55. The van der Waals surface area contributed by atoms with Crippen LogP contribution in [-0.2, 0) is 4.79 Å². The van der Waals surface area contributed by atoms with Crippen LogP contribution < -0.4 is 10.6 Å². The smallest absolute Gasteiger partial charge is 0.252 e. The van der Waals surface area contributed by atoms with Crippen LogP contribution in [0.5, 0.6) is 0 Å². The molecular formula is C14H23N3O. The summed E-state index contributed by atoms with van der Waals surface area (Å²) in [6, 6.07) is 0. The minimum Gasteiger partial charge on any atom is -0.367 e. The molecule has 0 spiro atoms. The molecule has 0 aromatic carbocycles. The van der Waals surface area contributed by atoms with Crippen molar-refractivity contribution < 1.29 is 4.79 Å². The zero-order valence-corrected chi connectivity index (χ0v) is 11.7. The third kappa shape index (κ3) is 5.19. The molecule has 4 nitrogen and oxygen atoms in total.